The molecule has 1 rings (SSSR count). The lowest BCUT2D eigenvalue weighted by atomic mass is 9.62. The molecular formula is C17H30O4. The lowest BCUT2D eigenvalue weighted by Gasteiger charge is -2.42. The third-order valence-electron chi connectivity index (χ3n) is 4.32. The zero-order valence-electron chi connectivity index (χ0n) is 13.9. The van der Waals surface area contributed by atoms with Crippen LogP contribution >= 0.6 is 0 Å². The summed E-state index contributed by atoms with van der Waals surface area (Å²) in [5, 5.41) is 0. The van der Waals surface area contributed by atoms with Gasteiger partial charge >= 0.3 is 11.9 Å². The fourth-order valence-corrected chi connectivity index (χ4v) is 3.73. The first-order valence-corrected chi connectivity index (χ1v) is 8.30. The molecule has 1 aliphatic rings. The van der Waals surface area contributed by atoms with Gasteiger partial charge in [0.05, 0.1) is 13.2 Å². The lowest BCUT2D eigenvalue weighted by molar-refractivity contribution is -0.171. The summed E-state index contributed by atoms with van der Waals surface area (Å²) in [6, 6.07) is 0. The van der Waals surface area contributed by atoms with Gasteiger partial charge < -0.3 is 9.47 Å². The van der Waals surface area contributed by atoms with E-state index in [2.05, 4.69) is 13.8 Å². The van der Waals surface area contributed by atoms with Crippen LogP contribution in [-0.2, 0) is 19.1 Å². The molecule has 1 saturated carbocycles. The second kappa shape index (κ2) is 8.40. The Morgan fingerprint density at radius 3 is 1.81 bits per heavy atom. The van der Waals surface area contributed by atoms with Crippen molar-refractivity contribution in [1.29, 1.82) is 0 Å². The van der Waals surface area contributed by atoms with Gasteiger partial charge in [0, 0.05) is 0 Å². The number of hydrogen-bond acceptors (Lipinski definition) is 4. The number of carbonyl (C=O) groups is 2. The number of hydrogen-bond donors (Lipinski definition) is 0. The second-order valence-electron chi connectivity index (χ2n) is 6.46. The first-order valence-electron chi connectivity index (χ1n) is 8.30. The SMILES string of the molecule is CCOC(=O)C(C(=O)OCC)C1(CC(C)C)CCCCC1. The smallest absolute Gasteiger partial charge is 0.320 e. The maximum absolute atomic E-state index is 12.4. The monoisotopic (exact) mass is 298 g/mol. The molecule has 1 aliphatic carbocycles. The standard InChI is InChI=1S/C17H30O4/c1-5-20-15(18)14(16(19)21-6-2)17(12-13(3)4)10-8-7-9-11-17/h13-14H,5-12H2,1-4H3. The summed E-state index contributed by atoms with van der Waals surface area (Å²) in [6.07, 6.45) is 6.01. The van der Waals surface area contributed by atoms with Crippen molar-refractivity contribution in [2.24, 2.45) is 17.3 Å². The van der Waals surface area contributed by atoms with Gasteiger partial charge in [-0.25, -0.2) is 0 Å². The molecule has 122 valence electrons. The van der Waals surface area contributed by atoms with Crippen molar-refractivity contribution in [3.8, 4) is 0 Å². The fraction of sp³-hybridized carbons (Fsp3) is 0.882. The Kier molecular flexibility index (Phi) is 7.20. The summed E-state index contributed by atoms with van der Waals surface area (Å²) in [5.41, 5.74) is -0.287. The Labute approximate surface area is 128 Å². The predicted molar refractivity (Wildman–Crippen MR) is 81.7 cm³/mol. The summed E-state index contributed by atoms with van der Waals surface area (Å²) in [7, 11) is 0. The summed E-state index contributed by atoms with van der Waals surface area (Å²) in [6.45, 7) is 8.43. The fourth-order valence-electron chi connectivity index (χ4n) is 3.73. The van der Waals surface area contributed by atoms with Gasteiger partial charge in [0.2, 0.25) is 0 Å². The first-order chi connectivity index (χ1) is 9.96. The van der Waals surface area contributed by atoms with Crippen LogP contribution in [0.4, 0.5) is 0 Å². The van der Waals surface area contributed by atoms with E-state index in [4.69, 9.17) is 9.47 Å². The number of ether oxygens (including phenoxy) is 2. The molecule has 0 aromatic rings. The van der Waals surface area contributed by atoms with E-state index in [0.717, 1.165) is 32.1 Å². The van der Waals surface area contributed by atoms with E-state index in [9.17, 15) is 9.59 Å². The van der Waals surface area contributed by atoms with Crippen molar-refractivity contribution >= 4 is 11.9 Å². The zero-order chi connectivity index (χ0) is 15.9. The topological polar surface area (TPSA) is 52.6 Å². The molecular weight excluding hydrogens is 268 g/mol. The second-order valence-corrected chi connectivity index (χ2v) is 6.46. The van der Waals surface area contributed by atoms with Gasteiger partial charge in [-0.1, -0.05) is 33.1 Å². The van der Waals surface area contributed by atoms with Crippen LogP contribution in [0.3, 0.4) is 0 Å². The molecule has 1 fully saturated rings. The Balaban J connectivity index is 3.08. The molecule has 0 spiro atoms. The van der Waals surface area contributed by atoms with E-state index in [0.29, 0.717) is 19.1 Å². The molecule has 0 aromatic heterocycles. The Bertz CT molecular complexity index is 325. The molecule has 0 aromatic carbocycles. The van der Waals surface area contributed by atoms with Gasteiger partial charge in [0.25, 0.3) is 0 Å². The average Bonchev–Trinajstić information content (AvgIpc) is 2.39. The van der Waals surface area contributed by atoms with Gasteiger partial charge in [-0.3, -0.25) is 9.59 Å². The minimum atomic E-state index is -0.764. The quantitative estimate of drug-likeness (QED) is 0.531. The van der Waals surface area contributed by atoms with Crippen LogP contribution in [0.1, 0.15) is 66.2 Å². The van der Waals surface area contributed by atoms with Crippen LogP contribution in [-0.4, -0.2) is 25.2 Å². The third kappa shape index (κ3) is 4.72. The van der Waals surface area contributed by atoms with Gasteiger partial charge in [-0.15, -0.1) is 0 Å². The van der Waals surface area contributed by atoms with Crippen molar-refractivity contribution < 1.29 is 19.1 Å². The molecule has 0 amide bonds. The van der Waals surface area contributed by atoms with Crippen LogP contribution in [0.2, 0.25) is 0 Å². The molecule has 0 unspecified atom stereocenters. The number of rotatable bonds is 7. The lowest BCUT2D eigenvalue weighted by Crippen LogP contribution is -2.45. The van der Waals surface area contributed by atoms with Gasteiger partial charge in [-0.2, -0.15) is 0 Å². The molecule has 0 heterocycles. The van der Waals surface area contributed by atoms with Crippen molar-refractivity contribution in [3.63, 3.8) is 0 Å². The van der Waals surface area contributed by atoms with Gasteiger partial charge in [-0.05, 0) is 44.4 Å². The Morgan fingerprint density at radius 1 is 0.952 bits per heavy atom. The zero-order valence-corrected chi connectivity index (χ0v) is 13.9. The highest BCUT2D eigenvalue weighted by atomic mass is 16.6. The summed E-state index contributed by atoms with van der Waals surface area (Å²) in [5.74, 6) is -1.13. The van der Waals surface area contributed by atoms with E-state index >= 15 is 0 Å². The molecule has 0 radical (unpaired) electrons. The predicted octanol–water partition coefficient (Wildman–Crippen LogP) is 3.73. The van der Waals surface area contributed by atoms with Gasteiger partial charge in [0.15, 0.2) is 5.92 Å². The van der Waals surface area contributed by atoms with Crippen LogP contribution in [0.25, 0.3) is 0 Å². The molecule has 4 heteroatoms. The minimum Gasteiger partial charge on any atom is -0.465 e. The highest BCUT2D eigenvalue weighted by Gasteiger charge is 2.49. The normalized spacial score (nSPS) is 17.8. The van der Waals surface area contributed by atoms with E-state index in [1.54, 1.807) is 13.8 Å². The third-order valence-corrected chi connectivity index (χ3v) is 4.32. The van der Waals surface area contributed by atoms with Crippen molar-refractivity contribution in [2.75, 3.05) is 13.2 Å². The Hall–Kier alpha value is -1.06. The first kappa shape index (κ1) is 18.0. The molecule has 21 heavy (non-hydrogen) atoms. The summed E-state index contributed by atoms with van der Waals surface area (Å²) in [4.78, 5) is 24.8. The molecule has 4 nitrogen and oxygen atoms in total. The number of esters is 2. The molecule has 0 atom stereocenters. The Morgan fingerprint density at radius 2 is 1.43 bits per heavy atom. The molecule has 0 N–H and O–H groups in total. The van der Waals surface area contributed by atoms with Gasteiger partial charge in [0.1, 0.15) is 0 Å². The van der Waals surface area contributed by atoms with Crippen molar-refractivity contribution in [2.45, 2.75) is 66.2 Å². The van der Waals surface area contributed by atoms with Crippen molar-refractivity contribution in [1.82, 2.24) is 0 Å². The highest BCUT2D eigenvalue weighted by molar-refractivity contribution is 5.96. The van der Waals surface area contributed by atoms with Crippen LogP contribution in [0, 0.1) is 17.3 Å². The summed E-state index contributed by atoms with van der Waals surface area (Å²) < 4.78 is 10.4. The molecule has 0 saturated heterocycles. The van der Waals surface area contributed by atoms with Crippen LogP contribution < -0.4 is 0 Å². The van der Waals surface area contributed by atoms with Crippen LogP contribution in [0.15, 0.2) is 0 Å². The minimum absolute atomic E-state index is 0.287. The van der Waals surface area contributed by atoms with E-state index < -0.39 is 17.9 Å². The van der Waals surface area contributed by atoms with E-state index in [1.165, 1.54) is 6.42 Å². The molecule has 0 aliphatic heterocycles. The van der Waals surface area contributed by atoms with Crippen molar-refractivity contribution in [3.05, 3.63) is 0 Å². The summed E-state index contributed by atoms with van der Waals surface area (Å²) >= 11 is 0. The van der Waals surface area contributed by atoms with E-state index in [-0.39, 0.29) is 5.41 Å². The maximum Gasteiger partial charge on any atom is 0.320 e. The maximum atomic E-state index is 12.4. The molecule has 0 bridgehead atoms. The number of carbonyl (C=O) groups excluding carboxylic acids is 2. The average molecular weight is 298 g/mol. The van der Waals surface area contributed by atoms with Crippen LogP contribution in [0.5, 0.6) is 0 Å². The van der Waals surface area contributed by atoms with E-state index in [1.807, 2.05) is 0 Å². The highest BCUT2D eigenvalue weighted by Crippen LogP contribution is 2.48. The largest absolute Gasteiger partial charge is 0.465 e.